The molecule has 0 bridgehead atoms. The summed E-state index contributed by atoms with van der Waals surface area (Å²) in [6, 6.07) is 19.1. The number of hydrogen-bond acceptors (Lipinski definition) is 3. The van der Waals surface area contributed by atoms with Crippen LogP contribution >= 0.6 is 22.6 Å². The minimum Gasteiger partial charge on any atom is -0.436 e. The summed E-state index contributed by atoms with van der Waals surface area (Å²) in [6.45, 7) is 4.11. The quantitative estimate of drug-likeness (QED) is 0.377. The fourth-order valence-corrected chi connectivity index (χ4v) is 3.51. The molecule has 0 spiro atoms. The van der Waals surface area contributed by atoms with E-state index < -0.39 is 0 Å². The summed E-state index contributed by atoms with van der Waals surface area (Å²) in [4.78, 5) is 17.1. The minimum absolute atomic E-state index is 0.138. The van der Waals surface area contributed by atoms with Crippen molar-refractivity contribution in [3.05, 3.63) is 80.9 Å². The maximum Gasteiger partial charge on any atom is 0.256 e. The van der Waals surface area contributed by atoms with E-state index in [1.54, 1.807) is 0 Å². The van der Waals surface area contributed by atoms with E-state index >= 15 is 0 Å². The van der Waals surface area contributed by atoms with Crippen LogP contribution in [0.1, 0.15) is 21.5 Å². The highest BCUT2D eigenvalue weighted by atomic mass is 127. The lowest BCUT2D eigenvalue weighted by atomic mass is 10.1. The Bertz CT molecular complexity index is 1130. The molecule has 0 aliphatic heterocycles. The Hall–Kier alpha value is -2.67. The SMILES string of the molecule is Cc1cc2nc(-c3cccc(NC(=O)c4ccccc4I)c3)oc2cc1C. The average molecular weight is 468 g/mol. The molecule has 0 fully saturated rings. The first-order valence-electron chi connectivity index (χ1n) is 8.55. The Balaban J connectivity index is 1.65. The molecule has 1 heterocycles. The number of benzene rings is 3. The first-order chi connectivity index (χ1) is 13.0. The molecule has 3 aromatic carbocycles. The summed E-state index contributed by atoms with van der Waals surface area (Å²) in [5.41, 5.74) is 6.12. The van der Waals surface area contributed by atoms with Crippen molar-refractivity contribution in [3.63, 3.8) is 0 Å². The van der Waals surface area contributed by atoms with Crippen LogP contribution in [-0.2, 0) is 0 Å². The Morgan fingerprint density at radius 3 is 2.59 bits per heavy atom. The standard InChI is InChI=1S/C22H17IN2O2/c1-13-10-19-20(11-14(13)2)27-22(25-19)15-6-5-7-16(12-15)24-21(26)17-8-3-4-9-18(17)23/h3-12H,1-2H3,(H,24,26). The van der Waals surface area contributed by atoms with Gasteiger partial charge in [0.05, 0.1) is 5.56 Å². The fraction of sp³-hybridized carbons (Fsp3) is 0.0909. The van der Waals surface area contributed by atoms with Gasteiger partial charge >= 0.3 is 0 Å². The smallest absolute Gasteiger partial charge is 0.256 e. The van der Waals surface area contributed by atoms with Crippen LogP contribution in [-0.4, -0.2) is 10.9 Å². The number of carbonyl (C=O) groups is 1. The van der Waals surface area contributed by atoms with Crippen molar-refractivity contribution in [1.29, 1.82) is 0 Å². The van der Waals surface area contributed by atoms with Crippen molar-refractivity contribution in [2.24, 2.45) is 0 Å². The molecule has 0 aliphatic carbocycles. The Kier molecular flexibility index (Phi) is 4.70. The van der Waals surface area contributed by atoms with Crippen molar-refractivity contribution >= 4 is 45.3 Å². The number of amides is 1. The zero-order valence-corrected chi connectivity index (χ0v) is 17.1. The van der Waals surface area contributed by atoms with Crippen molar-refractivity contribution in [3.8, 4) is 11.5 Å². The number of halogens is 1. The highest BCUT2D eigenvalue weighted by Gasteiger charge is 2.12. The predicted octanol–water partition coefficient (Wildman–Crippen LogP) is 5.97. The van der Waals surface area contributed by atoms with Gasteiger partial charge in [-0.15, -0.1) is 0 Å². The van der Waals surface area contributed by atoms with Gasteiger partial charge in [-0.3, -0.25) is 4.79 Å². The molecule has 4 rings (SSSR count). The number of rotatable bonds is 3. The van der Waals surface area contributed by atoms with Crippen molar-refractivity contribution in [1.82, 2.24) is 4.98 Å². The second-order valence-corrected chi connectivity index (χ2v) is 7.60. The summed E-state index contributed by atoms with van der Waals surface area (Å²) in [5.74, 6) is 0.404. The van der Waals surface area contributed by atoms with Crippen molar-refractivity contribution < 1.29 is 9.21 Å². The number of carbonyl (C=O) groups excluding carboxylic acids is 1. The summed E-state index contributed by atoms with van der Waals surface area (Å²) in [6.07, 6.45) is 0. The van der Waals surface area contributed by atoms with Crippen LogP contribution in [0, 0.1) is 17.4 Å². The van der Waals surface area contributed by atoms with E-state index in [0.29, 0.717) is 17.1 Å². The third-order valence-electron chi connectivity index (χ3n) is 4.49. The molecule has 1 aromatic heterocycles. The highest BCUT2D eigenvalue weighted by Crippen LogP contribution is 2.28. The lowest BCUT2D eigenvalue weighted by Gasteiger charge is -2.07. The molecule has 5 heteroatoms. The number of aromatic nitrogens is 1. The molecule has 1 N–H and O–H groups in total. The van der Waals surface area contributed by atoms with Gasteiger partial charge in [0.1, 0.15) is 5.52 Å². The van der Waals surface area contributed by atoms with Crippen LogP contribution in [0.15, 0.2) is 65.1 Å². The third kappa shape index (κ3) is 3.60. The monoisotopic (exact) mass is 468 g/mol. The molecule has 4 nitrogen and oxygen atoms in total. The first-order valence-corrected chi connectivity index (χ1v) is 9.63. The van der Waals surface area contributed by atoms with E-state index in [0.717, 1.165) is 20.2 Å². The number of nitrogens with zero attached hydrogens (tertiary/aromatic N) is 1. The van der Waals surface area contributed by atoms with Crippen LogP contribution in [0.3, 0.4) is 0 Å². The van der Waals surface area contributed by atoms with Gasteiger partial charge in [-0.25, -0.2) is 4.98 Å². The molecule has 0 unspecified atom stereocenters. The van der Waals surface area contributed by atoms with Crippen LogP contribution in [0.5, 0.6) is 0 Å². The van der Waals surface area contributed by atoms with Crippen molar-refractivity contribution in [2.75, 3.05) is 5.32 Å². The number of aryl methyl sites for hydroxylation is 2. The van der Waals surface area contributed by atoms with E-state index in [2.05, 4.69) is 46.7 Å². The summed E-state index contributed by atoms with van der Waals surface area (Å²) in [7, 11) is 0. The van der Waals surface area contributed by atoms with Crippen LogP contribution < -0.4 is 5.32 Å². The summed E-state index contributed by atoms with van der Waals surface area (Å²) >= 11 is 2.16. The van der Waals surface area contributed by atoms with E-state index in [1.807, 2.05) is 60.7 Å². The van der Waals surface area contributed by atoms with E-state index in [1.165, 1.54) is 11.1 Å². The first kappa shape index (κ1) is 17.7. The average Bonchev–Trinajstić information content (AvgIpc) is 3.05. The van der Waals surface area contributed by atoms with Gasteiger partial charge in [-0.1, -0.05) is 18.2 Å². The molecular weight excluding hydrogens is 451 g/mol. The van der Waals surface area contributed by atoms with Gasteiger partial charge in [-0.2, -0.15) is 0 Å². The van der Waals surface area contributed by atoms with Crippen LogP contribution in [0.25, 0.3) is 22.6 Å². The molecule has 0 saturated heterocycles. The number of anilines is 1. The van der Waals surface area contributed by atoms with Crippen LogP contribution in [0.2, 0.25) is 0 Å². The lowest BCUT2D eigenvalue weighted by Crippen LogP contribution is -2.13. The number of nitrogens with one attached hydrogen (secondary N) is 1. The van der Waals surface area contributed by atoms with Gasteiger partial charge in [0, 0.05) is 14.8 Å². The Morgan fingerprint density at radius 2 is 1.78 bits per heavy atom. The molecule has 4 aromatic rings. The largest absolute Gasteiger partial charge is 0.436 e. The Morgan fingerprint density at radius 1 is 1.00 bits per heavy atom. The van der Waals surface area contributed by atoms with Crippen LogP contribution in [0.4, 0.5) is 5.69 Å². The minimum atomic E-state index is -0.138. The zero-order valence-electron chi connectivity index (χ0n) is 14.9. The normalized spacial score (nSPS) is 10.9. The molecule has 1 amide bonds. The highest BCUT2D eigenvalue weighted by molar-refractivity contribution is 14.1. The lowest BCUT2D eigenvalue weighted by molar-refractivity contribution is 0.102. The van der Waals surface area contributed by atoms with Gasteiger partial charge in [0.2, 0.25) is 5.89 Å². The fourth-order valence-electron chi connectivity index (χ4n) is 2.88. The van der Waals surface area contributed by atoms with Gasteiger partial charge in [0.15, 0.2) is 5.58 Å². The molecule has 0 aliphatic rings. The predicted molar refractivity (Wildman–Crippen MR) is 116 cm³/mol. The maximum absolute atomic E-state index is 12.5. The zero-order chi connectivity index (χ0) is 19.0. The second kappa shape index (κ2) is 7.15. The summed E-state index contributed by atoms with van der Waals surface area (Å²) in [5, 5.41) is 2.95. The molecule has 0 atom stereocenters. The van der Waals surface area contributed by atoms with Crippen molar-refractivity contribution in [2.45, 2.75) is 13.8 Å². The molecule has 27 heavy (non-hydrogen) atoms. The third-order valence-corrected chi connectivity index (χ3v) is 5.43. The Labute approximate surface area is 170 Å². The second-order valence-electron chi connectivity index (χ2n) is 6.44. The topological polar surface area (TPSA) is 55.1 Å². The van der Waals surface area contributed by atoms with Gasteiger partial charge in [-0.05, 0) is 90.0 Å². The van der Waals surface area contributed by atoms with E-state index in [9.17, 15) is 4.79 Å². The number of hydrogen-bond donors (Lipinski definition) is 1. The summed E-state index contributed by atoms with van der Waals surface area (Å²) < 4.78 is 6.84. The van der Waals surface area contributed by atoms with E-state index in [-0.39, 0.29) is 5.91 Å². The van der Waals surface area contributed by atoms with Gasteiger partial charge in [0.25, 0.3) is 5.91 Å². The van der Waals surface area contributed by atoms with E-state index in [4.69, 9.17) is 4.42 Å². The van der Waals surface area contributed by atoms with Gasteiger partial charge < -0.3 is 9.73 Å². The molecule has 0 radical (unpaired) electrons. The molecule has 0 saturated carbocycles. The molecule has 134 valence electrons. The molecular formula is C22H17IN2O2. The number of oxazole rings is 1. The number of fused-ring (bicyclic) bond motifs is 1. The maximum atomic E-state index is 12.5.